The Balaban J connectivity index is 0.00000456. The van der Waals surface area contributed by atoms with Gasteiger partial charge in [-0.25, -0.2) is 4.57 Å². The van der Waals surface area contributed by atoms with Gasteiger partial charge in [0.1, 0.15) is 6.54 Å². The third-order valence-corrected chi connectivity index (χ3v) is 7.18. The molecular formula is C32H47BrN2O. The smallest absolute Gasteiger partial charge is 0.190 e. The minimum Gasteiger partial charge on any atom is -1.00 e. The van der Waals surface area contributed by atoms with Crippen LogP contribution < -0.4 is 27.0 Å². The van der Waals surface area contributed by atoms with E-state index in [-0.39, 0.29) is 22.4 Å². The Labute approximate surface area is 229 Å². The molecule has 0 spiro atoms. The second-order valence-electron chi connectivity index (χ2n) is 10.1. The first-order valence-corrected chi connectivity index (χ1v) is 14.4. The van der Waals surface area contributed by atoms with Gasteiger partial charge in [0.2, 0.25) is 0 Å². The van der Waals surface area contributed by atoms with Crippen molar-refractivity contribution in [2.24, 2.45) is 0 Å². The molecule has 0 radical (unpaired) electrons. The van der Waals surface area contributed by atoms with Gasteiger partial charge in [-0.3, -0.25) is 4.79 Å². The average Bonchev–Trinajstić information content (AvgIpc) is 2.89. The van der Waals surface area contributed by atoms with E-state index in [1.165, 1.54) is 83.5 Å². The number of hydrogen-bond acceptors (Lipinski definition) is 1. The number of fused-ring (bicyclic) bond motifs is 1. The molecule has 0 saturated heterocycles. The molecule has 0 amide bonds. The van der Waals surface area contributed by atoms with Gasteiger partial charge < -0.3 is 21.5 Å². The van der Waals surface area contributed by atoms with E-state index in [9.17, 15) is 4.79 Å². The maximum Gasteiger partial charge on any atom is 0.190 e. The molecule has 0 aliphatic carbocycles. The third-order valence-electron chi connectivity index (χ3n) is 7.18. The molecule has 36 heavy (non-hydrogen) atoms. The summed E-state index contributed by atoms with van der Waals surface area (Å²) in [4.78, 5) is 13.0. The van der Waals surface area contributed by atoms with Crippen LogP contribution >= 0.6 is 0 Å². The Bertz CT molecular complexity index is 1080. The number of aromatic nitrogens is 2. The predicted octanol–water partition coefficient (Wildman–Crippen LogP) is 5.46. The number of aryl methyl sites for hydroxylation is 2. The van der Waals surface area contributed by atoms with Gasteiger partial charge in [-0.2, -0.15) is 0 Å². The van der Waals surface area contributed by atoms with Crippen LogP contribution in [0.1, 0.15) is 104 Å². The molecule has 0 saturated carbocycles. The van der Waals surface area contributed by atoms with Gasteiger partial charge in [-0.1, -0.05) is 96.6 Å². The lowest BCUT2D eigenvalue weighted by Gasteiger charge is -2.17. The summed E-state index contributed by atoms with van der Waals surface area (Å²) in [5.41, 5.74) is 3.37. The summed E-state index contributed by atoms with van der Waals surface area (Å²) in [6, 6.07) is 14.3. The average molecular weight is 556 g/mol. The van der Waals surface area contributed by atoms with Crippen molar-refractivity contribution in [2.75, 3.05) is 0 Å². The maximum absolute atomic E-state index is 13.0. The number of para-hydroxylation sites is 1. The highest BCUT2D eigenvalue weighted by Gasteiger charge is 2.13. The van der Waals surface area contributed by atoms with Gasteiger partial charge >= 0.3 is 0 Å². The van der Waals surface area contributed by atoms with E-state index in [1.54, 1.807) is 0 Å². The van der Waals surface area contributed by atoms with Crippen molar-refractivity contribution < 1.29 is 21.5 Å². The molecule has 1 aromatic carbocycles. The third kappa shape index (κ3) is 9.50. The predicted molar refractivity (Wildman–Crippen MR) is 150 cm³/mol. The summed E-state index contributed by atoms with van der Waals surface area (Å²) in [5, 5.41) is 0.825. The normalized spacial score (nSPS) is 11.1. The van der Waals surface area contributed by atoms with Crippen molar-refractivity contribution in [2.45, 2.75) is 117 Å². The van der Waals surface area contributed by atoms with Crippen LogP contribution in [0, 0.1) is 0 Å². The summed E-state index contributed by atoms with van der Waals surface area (Å²) in [6.07, 6.45) is 22.7. The number of pyridine rings is 2. The molecule has 0 unspecified atom stereocenters. The number of rotatable bonds is 17. The summed E-state index contributed by atoms with van der Waals surface area (Å²) in [6.45, 7) is 6.53. The van der Waals surface area contributed by atoms with Gasteiger partial charge in [0.05, 0.1) is 16.8 Å². The van der Waals surface area contributed by atoms with Crippen LogP contribution in [-0.2, 0) is 13.1 Å². The fourth-order valence-electron chi connectivity index (χ4n) is 5.10. The van der Waals surface area contributed by atoms with E-state index >= 15 is 0 Å². The number of unbranched alkanes of at least 4 members (excludes halogenated alkanes) is 12. The Morgan fingerprint density at radius 3 is 2.03 bits per heavy atom. The molecule has 0 bridgehead atoms. The summed E-state index contributed by atoms with van der Waals surface area (Å²) in [5.74, 6) is 0. The Kier molecular flexibility index (Phi) is 14.7. The summed E-state index contributed by atoms with van der Waals surface area (Å²) >= 11 is 0. The van der Waals surface area contributed by atoms with Crippen molar-refractivity contribution in [1.82, 2.24) is 4.57 Å². The van der Waals surface area contributed by atoms with Crippen LogP contribution in [0.2, 0.25) is 0 Å². The molecule has 4 heteroatoms. The van der Waals surface area contributed by atoms with E-state index in [4.69, 9.17) is 0 Å². The van der Waals surface area contributed by atoms with Crippen LogP contribution in [0.5, 0.6) is 0 Å². The van der Waals surface area contributed by atoms with E-state index in [2.05, 4.69) is 59.6 Å². The monoisotopic (exact) mass is 554 g/mol. The first-order chi connectivity index (χ1) is 17.2. The second-order valence-corrected chi connectivity index (χ2v) is 10.1. The van der Waals surface area contributed by atoms with Gasteiger partial charge in [0.25, 0.3) is 0 Å². The molecule has 0 aliphatic heterocycles. The molecular weight excluding hydrogens is 508 g/mol. The van der Waals surface area contributed by atoms with Crippen molar-refractivity contribution in [1.29, 1.82) is 0 Å². The second kappa shape index (κ2) is 17.5. The zero-order valence-corrected chi connectivity index (χ0v) is 24.3. The highest BCUT2D eigenvalue weighted by molar-refractivity contribution is 5.82. The van der Waals surface area contributed by atoms with Crippen molar-refractivity contribution in [3.05, 3.63) is 65.1 Å². The molecule has 2 heterocycles. The number of benzene rings is 1. The number of halogens is 1. The first-order valence-electron chi connectivity index (χ1n) is 14.4. The molecule has 0 N–H and O–H groups in total. The molecule has 198 valence electrons. The largest absolute Gasteiger partial charge is 1.00 e. The Hall–Kier alpha value is -1.94. The van der Waals surface area contributed by atoms with Gasteiger partial charge in [0.15, 0.2) is 17.8 Å². The molecule has 3 aromatic rings. The molecule has 2 aromatic heterocycles. The standard InChI is InChI=1S/C32H47N2O.BrH/c1-3-5-7-9-11-13-17-23-33-24-19-20-28(27-33)31-26-32(35)29-21-15-16-22-30(29)34(31)25-18-14-12-10-8-6-4-2;/h15-16,19-22,24,26-27H,3-14,17-18,23,25H2,1-2H3;1H/q+1;/p-1. The molecule has 3 nitrogen and oxygen atoms in total. The zero-order chi connectivity index (χ0) is 24.7. The minimum atomic E-state index is 0. The van der Waals surface area contributed by atoms with Gasteiger partial charge in [-0.15, -0.1) is 0 Å². The molecule has 0 fully saturated rings. The lowest BCUT2D eigenvalue weighted by Crippen LogP contribution is -3.00. The minimum absolute atomic E-state index is 0. The Morgan fingerprint density at radius 1 is 0.722 bits per heavy atom. The highest BCUT2D eigenvalue weighted by atomic mass is 79.9. The molecule has 0 atom stereocenters. The van der Waals surface area contributed by atoms with Crippen molar-refractivity contribution in [3.63, 3.8) is 0 Å². The SMILES string of the molecule is CCCCCCCCCn1c(-c2ccc[n+](CCCCCCCCC)c2)cc(=O)c2ccccc21.[Br-]. The van der Waals surface area contributed by atoms with Crippen LogP contribution in [0.3, 0.4) is 0 Å². The van der Waals surface area contributed by atoms with Crippen LogP contribution in [0.15, 0.2) is 59.7 Å². The summed E-state index contributed by atoms with van der Waals surface area (Å²) in [7, 11) is 0. The van der Waals surface area contributed by atoms with Crippen molar-refractivity contribution in [3.8, 4) is 11.3 Å². The van der Waals surface area contributed by atoms with E-state index in [0.29, 0.717) is 0 Å². The molecule has 0 aliphatic rings. The lowest BCUT2D eigenvalue weighted by atomic mass is 10.1. The van der Waals surface area contributed by atoms with Gasteiger partial charge in [0, 0.05) is 30.5 Å². The molecule has 3 rings (SSSR count). The Morgan fingerprint density at radius 2 is 1.33 bits per heavy atom. The topological polar surface area (TPSA) is 25.9 Å². The lowest BCUT2D eigenvalue weighted by molar-refractivity contribution is -0.696. The number of hydrogen-bond donors (Lipinski definition) is 0. The van der Waals surface area contributed by atoms with Crippen LogP contribution in [-0.4, -0.2) is 4.57 Å². The maximum atomic E-state index is 13.0. The van der Waals surface area contributed by atoms with Crippen molar-refractivity contribution >= 4 is 10.9 Å². The highest BCUT2D eigenvalue weighted by Crippen LogP contribution is 2.23. The zero-order valence-electron chi connectivity index (χ0n) is 22.7. The fraction of sp³-hybridized carbons (Fsp3) is 0.562. The van der Waals surface area contributed by atoms with E-state index in [0.717, 1.165) is 41.7 Å². The number of nitrogens with zero attached hydrogens (tertiary/aromatic N) is 2. The summed E-state index contributed by atoms with van der Waals surface area (Å²) < 4.78 is 4.69. The van der Waals surface area contributed by atoms with Crippen LogP contribution in [0.25, 0.3) is 22.2 Å². The van der Waals surface area contributed by atoms with Gasteiger partial charge in [-0.05, 0) is 31.0 Å². The van der Waals surface area contributed by atoms with E-state index < -0.39 is 0 Å². The fourth-order valence-corrected chi connectivity index (χ4v) is 5.10. The van der Waals surface area contributed by atoms with Crippen LogP contribution in [0.4, 0.5) is 0 Å². The van der Waals surface area contributed by atoms with E-state index in [1.807, 2.05) is 18.2 Å². The quantitative estimate of drug-likeness (QED) is 0.161. The first kappa shape index (κ1) is 30.3.